The van der Waals surface area contributed by atoms with Gasteiger partial charge in [-0.2, -0.15) is 0 Å². The number of halogens is 2. The monoisotopic (exact) mass is 613 g/mol. The van der Waals surface area contributed by atoms with Gasteiger partial charge in [0.1, 0.15) is 17.9 Å². The number of carbonyl (C=O) groups is 3. The van der Waals surface area contributed by atoms with E-state index in [0.29, 0.717) is 27.0 Å². The molecule has 0 aliphatic carbocycles. The van der Waals surface area contributed by atoms with Crippen molar-refractivity contribution < 1.29 is 24.0 Å². The number of imide groups is 2. The summed E-state index contributed by atoms with van der Waals surface area (Å²) in [5.74, 6) is -1.07. The van der Waals surface area contributed by atoms with Crippen LogP contribution in [0.3, 0.4) is 0 Å². The van der Waals surface area contributed by atoms with Gasteiger partial charge in [0.05, 0.1) is 15.1 Å². The standard InChI is InChI=1S/C25H17Br2N3O6/c1-14-9-17(6-7-20(14)26)29-24(32)19(23(31)28-25(29)33)11-15-5-8-22(21(27)12-15)36-13-16-3-2-4-18(10-16)30(34)35/h2-12H,13H2,1H3,(H,28,31,33)/b19-11+. The topological polar surface area (TPSA) is 119 Å². The lowest BCUT2D eigenvalue weighted by Gasteiger charge is -2.26. The van der Waals surface area contributed by atoms with Crippen molar-refractivity contribution in [2.24, 2.45) is 0 Å². The molecule has 1 fully saturated rings. The van der Waals surface area contributed by atoms with E-state index in [9.17, 15) is 24.5 Å². The average Bonchev–Trinajstić information content (AvgIpc) is 2.83. The number of amides is 4. The predicted molar refractivity (Wildman–Crippen MR) is 139 cm³/mol. The number of rotatable bonds is 6. The molecular weight excluding hydrogens is 598 g/mol. The van der Waals surface area contributed by atoms with Crippen LogP contribution in [0, 0.1) is 17.0 Å². The van der Waals surface area contributed by atoms with Crippen molar-refractivity contribution in [3.63, 3.8) is 0 Å². The van der Waals surface area contributed by atoms with Gasteiger partial charge in [0.2, 0.25) is 0 Å². The minimum absolute atomic E-state index is 0.0293. The second kappa shape index (κ2) is 10.4. The van der Waals surface area contributed by atoms with Gasteiger partial charge in [0.25, 0.3) is 17.5 Å². The molecular formula is C25H17Br2N3O6. The van der Waals surface area contributed by atoms with Crippen molar-refractivity contribution in [1.29, 1.82) is 0 Å². The Morgan fingerprint density at radius 1 is 1.03 bits per heavy atom. The normalized spacial score (nSPS) is 14.7. The molecule has 0 spiro atoms. The minimum Gasteiger partial charge on any atom is -0.488 e. The molecule has 1 N–H and O–H groups in total. The summed E-state index contributed by atoms with van der Waals surface area (Å²) in [7, 11) is 0. The third kappa shape index (κ3) is 5.37. The van der Waals surface area contributed by atoms with Crippen molar-refractivity contribution in [2.45, 2.75) is 13.5 Å². The van der Waals surface area contributed by atoms with Gasteiger partial charge >= 0.3 is 6.03 Å². The van der Waals surface area contributed by atoms with Crippen molar-refractivity contribution in [3.8, 4) is 5.75 Å². The maximum Gasteiger partial charge on any atom is 0.335 e. The lowest BCUT2D eigenvalue weighted by Crippen LogP contribution is -2.54. The van der Waals surface area contributed by atoms with E-state index in [1.807, 2.05) is 6.92 Å². The third-order valence-corrected chi connectivity index (χ3v) is 6.79. The summed E-state index contributed by atoms with van der Waals surface area (Å²) in [6.07, 6.45) is 1.39. The van der Waals surface area contributed by atoms with Gasteiger partial charge in [0, 0.05) is 16.6 Å². The Labute approximate surface area is 222 Å². The van der Waals surface area contributed by atoms with Gasteiger partial charge in [-0.25, -0.2) is 9.69 Å². The van der Waals surface area contributed by atoms with Crippen LogP contribution in [0.2, 0.25) is 0 Å². The number of barbiturate groups is 1. The van der Waals surface area contributed by atoms with Crippen LogP contribution in [0.1, 0.15) is 16.7 Å². The highest BCUT2D eigenvalue weighted by Crippen LogP contribution is 2.30. The number of nitrogens with one attached hydrogen (secondary N) is 1. The first kappa shape index (κ1) is 25.3. The Bertz CT molecular complexity index is 1450. The lowest BCUT2D eigenvalue weighted by molar-refractivity contribution is -0.384. The summed E-state index contributed by atoms with van der Waals surface area (Å²) in [5, 5.41) is 13.2. The summed E-state index contributed by atoms with van der Waals surface area (Å²) in [5.41, 5.74) is 2.07. The number of carbonyl (C=O) groups excluding carboxylic acids is 3. The van der Waals surface area contributed by atoms with Gasteiger partial charge in [0.15, 0.2) is 0 Å². The molecule has 11 heteroatoms. The molecule has 0 atom stereocenters. The molecule has 4 rings (SSSR count). The number of nitrogens with zero attached hydrogens (tertiary/aromatic N) is 2. The van der Waals surface area contributed by atoms with E-state index in [1.165, 1.54) is 18.2 Å². The molecule has 0 aromatic heterocycles. The predicted octanol–water partition coefficient (Wildman–Crippen LogP) is 5.67. The number of non-ortho nitro benzene ring substituents is 1. The molecule has 4 amide bonds. The first-order valence-electron chi connectivity index (χ1n) is 10.5. The van der Waals surface area contributed by atoms with Crippen molar-refractivity contribution in [3.05, 3.63) is 102 Å². The highest BCUT2D eigenvalue weighted by atomic mass is 79.9. The number of urea groups is 1. The van der Waals surface area contributed by atoms with Crippen LogP contribution in [0.15, 0.2) is 75.2 Å². The molecule has 1 heterocycles. The zero-order chi connectivity index (χ0) is 26.0. The molecule has 0 unspecified atom stereocenters. The summed E-state index contributed by atoms with van der Waals surface area (Å²) in [4.78, 5) is 49.4. The van der Waals surface area contributed by atoms with Crippen LogP contribution in [0.4, 0.5) is 16.2 Å². The van der Waals surface area contributed by atoms with E-state index in [0.717, 1.165) is 14.9 Å². The number of nitro benzene ring substituents is 1. The zero-order valence-electron chi connectivity index (χ0n) is 18.7. The molecule has 1 aliphatic rings. The molecule has 0 saturated carbocycles. The Morgan fingerprint density at radius 2 is 1.81 bits per heavy atom. The van der Waals surface area contributed by atoms with Crippen LogP contribution in [0.5, 0.6) is 5.75 Å². The third-order valence-electron chi connectivity index (χ3n) is 5.28. The second-order valence-corrected chi connectivity index (χ2v) is 9.51. The van der Waals surface area contributed by atoms with Gasteiger partial charge in [-0.1, -0.05) is 34.1 Å². The van der Waals surface area contributed by atoms with Crippen molar-refractivity contribution >= 4 is 67.2 Å². The zero-order valence-corrected chi connectivity index (χ0v) is 21.8. The Hall–Kier alpha value is -3.83. The maximum absolute atomic E-state index is 13.1. The average molecular weight is 615 g/mol. The van der Waals surface area contributed by atoms with Crippen molar-refractivity contribution in [1.82, 2.24) is 5.32 Å². The smallest absolute Gasteiger partial charge is 0.335 e. The van der Waals surface area contributed by atoms with Gasteiger partial charge in [-0.3, -0.25) is 25.0 Å². The second-order valence-electron chi connectivity index (χ2n) is 7.80. The van der Waals surface area contributed by atoms with E-state index >= 15 is 0 Å². The molecule has 3 aromatic rings. The quantitative estimate of drug-likeness (QED) is 0.165. The van der Waals surface area contributed by atoms with E-state index in [1.54, 1.807) is 48.5 Å². The first-order chi connectivity index (χ1) is 17.1. The fraction of sp³-hybridized carbons (Fsp3) is 0.0800. The summed E-state index contributed by atoms with van der Waals surface area (Å²) in [6, 6.07) is 15.2. The number of ether oxygens (including phenoxy) is 1. The molecule has 0 radical (unpaired) electrons. The van der Waals surface area contributed by atoms with Crippen LogP contribution in [-0.4, -0.2) is 22.8 Å². The van der Waals surface area contributed by atoms with E-state index in [4.69, 9.17) is 4.74 Å². The number of benzene rings is 3. The number of anilines is 1. The summed E-state index contributed by atoms with van der Waals surface area (Å²) in [6.45, 7) is 1.92. The summed E-state index contributed by atoms with van der Waals surface area (Å²) < 4.78 is 7.13. The highest BCUT2D eigenvalue weighted by Gasteiger charge is 2.37. The van der Waals surface area contributed by atoms with E-state index < -0.39 is 22.8 Å². The molecule has 0 bridgehead atoms. The number of aryl methyl sites for hydroxylation is 1. The number of nitro groups is 1. The highest BCUT2D eigenvalue weighted by molar-refractivity contribution is 9.10. The fourth-order valence-electron chi connectivity index (χ4n) is 3.47. The molecule has 9 nitrogen and oxygen atoms in total. The Balaban J connectivity index is 1.55. The van der Waals surface area contributed by atoms with Crippen LogP contribution in [-0.2, 0) is 16.2 Å². The van der Waals surface area contributed by atoms with E-state index in [2.05, 4.69) is 37.2 Å². The van der Waals surface area contributed by atoms with Gasteiger partial charge in [-0.15, -0.1) is 0 Å². The Kier molecular flexibility index (Phi) is 7.32. The molecule has 1 aliphatic heterocycles. The molecule has 182 valence electrons. The maximum atomic E-state index is 13.1. The number of hydrogen-bond donors (Lipinski definition) is 1. The van der Waals surface area contributed by atoms with Crippen LogP contribution in [0.25, 0.3) is 6.08 Å². The molecule has 1 saturated heterocycles. The molecule has 3 aromatic carbocycles. The van der Waals surface area contributed by atoms with E-state index in [-0.39, 0.29) is 17.9 Å². The molecule has 36 heavy (non-hydrogen) atoms. The van der Waals surface area contributed by atoms with Gasteiger partial charge in [-0.05, 0) is 76.0 Å². The number of hydrogen-bond acceptors (Lipinski definition) is 6. The SMILES string of the molecule is Cc1cc(N2C(=O)NC(=O)/C(=C\c3ccc(OCc4cccc([N+](=O)[O-])c4)c(Br)c3)C2=O)ccc1Br. The largest absolute Gasteiger partial charge is 0.488 e. The van der Waals surface area contributed by atoms with Crippen molar-refractivity contribution in [2.75, 3.05) is 4.90 Å². The van der Waals surface area contributed by atoms with Crippen LogP contribution < -0.4 is 15.0 Å². The Morgan fingerprint density at radius 3 is 2.50 bits per heavy atom. The first-order valence-corrected chi connectivity index (χ1v) is 12.1. The lowest BCUT2D eigenvalue weighted by atomic mass is 10.1. The fourth-order valence-corrected chi connectivity index (χ4v) is 4.23. The van der Waals surface area contributed by atoms with Crippen LogP contribution >= 0.6 is 31.9 Å². The summed E-state index contributed by atoms with van der Waals surface area (Å²) >= 11 is 6.79. The minimum atomic E-state index is -0.824. The van der Waals surface area contributed by atoms with Gasteiger partial charge < -0.3 is 4.74 Å².